The Morgan fingerprint density at radius 3 is 2.53 bits per heavy atom. The second-order valence-corrected chi connectivity index (χ2v) is 5.80. The van der Waals surface area contributed by atoms with Crippen LogP contribution in [0.15, 0.2) is 22.8 Å². The third-order valence-corrected chi connectivity index (χ3v) is 4.26. The van der Waals surface area contributed by atoms with Crippen molar-refractivity contribution >= 4 is 0 Å². The molecular weight excluding hydrogens is 180 g/mol. The number of fused-ring (bicyclic) bond motifs is 1. The molecule has 0 heteroatoms. The number of rotatable bonds is 1. The summed E-state index contributed by atoms with van der Waals surface area (Å²) in [5, 5.41) is 0. The summed E-state index contributed by atoms with van der Waals surface area (Å²) in [6.07, 6.45) is 8.09. The molecule has 0 N–H and O–H groups in total. The Bertz CT molecular complexity index is 302. The molecule has 1 saturated carbocycles. The quantitative estimate of drug-likeness (QED) is 0.579. The third-order valence-electron chi connectivity index (χ3n) is 4.26. The zero-order chi connectivity index (χ0) is 11.0. The summed E-state index contributed by atoms with van der Waals surface area (Å²) in [5.74, 6) is 2.66. The molecule has 0 aromatic heterocycles. The van der Waals surface area contributed by atoms with Crippen LogP contribution < -0.4 is 0 Å². The largest absolute Gasteiger partial charge is 0.0762 e. The van der Waals surface area contributed by atoms with Gasteiger partial charge in [0, 0.05) is 0 Å². The smallest absolute Gasteiger partial charge is 0.0171 e. The van der Waals surface area contributed by atoms with Crippen molar-refractivity contribution in [1.29, 1.82) is 0 Å². The number of hydrogen-bond donors (Lipinski definition) is 0. The zero-order valence-electron chi connectivity index (χ0n) is 10.6. The Morgan fingerprint density at radius 2 is 1.87 bits per heavy atom. The first-order chi connectivity index (χ1) is 7.09. The van der Waals surface area contributed by atoms with E-state index in [0.29, 0.717) is 0 Å². The van der Waals surface area contributed by atoms with Crippen molar-refractivity contribution in [2.45, 2.75) is 53.4 Å². The summed E-state index contributed by atoms with van der Waals surface area (Å²) in [4.78, 5) is 0. The van der Waals surface area contributed by atoms with E-state index in [-0.39, 0.29) is 0 Å². The molecular formula is C15H24. The average molecular weight is 204 g/mol. The lowest BCUT2D eigenvalue weighted by atomic mass is 9.76. The highest BCUT2D eigenvalue weighted by atomic mass is 14.4. The molecule has 84 valence electrons. The normalized spacial score (nSPS) is 35.3. The van der Waals surface area contributed by atoms with Crippen LogP contribution in [0.3, 0.4) is 0 Å². The first-order valence-electron chi connectivity index (χ1n) is 6.47. The van der Waals surface area contributed by atoms with E-state index in [1.165, 1.54) is 31.3 Å². The molecule has 0 unspecified atom stereocenters. The van der Waals surface area contributed by atoms with Gasteiger partial charge in [0.2, 0.25) is 0 Å². The molecule has 0 radical (unpaired) electrons. The zero-order valence-corrected chi connectivity index (χ0v) is 10.6. The van der Waals surface area contributed by atoms with Crippen molar-refractivity contribution in [2.24, 2.45) is 17.8 Å². The van der Waals surface area contributed by atoms with Crippen molar-refractivity contribution in [1.82, 2.24) is 0 Å². The van der Waals surface area contributed by atoms with Crippen LogP contribution in [-0.4, -0.2) is 0 Å². The Balaban J connectivity index is 2.37. The molecule has 15 heavy (non-hydrogen) atoms. The first kappa shape index (κ1) is 11.0. The van der Waals surface area contributed by atoms with Gasteiger partial charge in [0.25, 0.3) is 0 Å². The molecule has 2 aliphatic carbocycles. The van der Waals surface area contributed by atoms with Crippen molar-refractivity contribution in [3.8, 4) is 0 Å². The predicted octanol–water partition coefficient (Wildman–Crippen LogP) is 4.73. The third kappa shape index (κ3) is 2.04. The van der Waals surface area contributed by atoms with Crippen molar-refractivity contribution in [2.75, 3.05) is 0 Å². The summed E-state index contributed by atoms with van der Waals surface area (Å²) >= 11 is 0. The van der Waals surface area contributed by atoms with Crippen molar-refractivity contribution in [3.63, 3.8) is 0 Å². The Morgan fingerprint density at radius 1 is 1.13 bits per heavy atom. The maximum absolute atomic E-state index is 2.45. The van der Waals surface area contributed by atoms with Gasteiger partial charge in [-0.3, -0.25) is 0 Å². The van der Waals surface area contributed by atoms with E-state index in [4.69, 9.17) is 0 Å². The maximum atomic E-state index is 2.45. The molecule has 0 nitrogen and oxygen atoms in total. The minimum Gasteiger partial charge on any atom is -0.0762 e. The van der Waals surface area contributed by atoms with Crippen LogP contribution in [0.25, 0.3) is 0 Å². The van der Waals surface area contributed by atoms with E-state index >= 15 is 0 Å². The summed E-state index contributed by atoms with van der Waals surface area (Å²) in [6.45, 7) is 9.29. The average Bonchev–Trinajstić information content (AvgIpc) is 2.52. The van der Waals surface area contributed by atoms with Gasteiger partial charge in [-0.1, -0.05) is 31.1 Å². The lowest BCUT2D eigenvalue weighted by Crippen LogP contribution is -2.17. The second-order valence-electron chi connectivity index (χ2n) is 5.80. The molecule has 0 aromatic carbocycles. The Hall–Kier alpha value is -0.520. The summed E-state index contributed by atoms with van der Waals surface area (Å²) in [5.41, 5.74) is 4.96. The molecule has 0 saturated heterocycles. The monoisotopic (exact) mass is 204 g/mol. The van der Waals surface area contributed by atoms with Gasteiger partial charge in [-0.25, -0.2) is 0 Å². The fourth-order valence-electron chi connectivity index (χ4n) is 3.38. The molecule has 2 rings (SSSR count). The van der Waals surface area contributed by atoms with Gasteiger partial charge < -0.3 is 0 Å². The Labute approximate surface area is 94.5 Å². The highest BCUT2D eigenvalue weighted by Gasteiger charge is 2.34. The van der Waals surface area contributed by atoms with Crippen molar-refractivity contribution < 1.29 is 0 Å². The highest BCUT2D eigenvalue weighted by molar-refractivity contribution is 5.35. The van der Waals surface area contributed by atoms with Crippen LogP contribution in [0.5, 0.6) is 0 Å². The molecule has 0 spiro atoms. The molecule has 0 bridgehead atoms. The van der Waals surface area contributed by atoms with Gasteiger partial charge in [-0.05, 0) is 62.9 Å². The van der Waals surface area contributed by atoms with Crippen molar-refractivity contribution in [3.05, 3.63) is 22.8 Å². The van der Waals surface area contributed by atoms with Crippen LogP contribution in [0, 0.1) is 17.8 Å². The van der Waals surface area contributed by atoms with Crippen LogP contribution in [-0.2, 0) is 0 Å². The minimum absolute atomic E-state index is 0.802. The van der Waals surface area contributed by atoms with Gasteiger partial charge in [0.1, 0.15) is 0 Å². The first-order valence-corrected chi connectivity index (χ1v) is 6.47. The summed E-state index contributed by atoms with van der Waals surface area (Å²) in [6, 6.07) is 0. The summed E-state index contributed by atoms with van der Waals surface area (Å²) in [7, 11) is 0. The van der Waals surface area contributed by atoms with E-state index in [1.807, 2.05) is 5.57 Å². The van der Waals surface area contributed by atoms with E-state index < -0.39 is 0 Å². The SMILES string of the molecule is CC(C)=CC1=C2CC[C@H](C)[C@H]2CC[C@@H]1C. The fourth-order valence-corrected chi connectivity index (χ4v) is 3.38. The standard InChI is InChI=1S/C15H24/c1-10(2)9-15-12(4)5-7-13-11(3)6-8-14(13)15/h9,11-13H,5-8H2,1-4H3/t11-,12-,13+/m0/s1. The van der Waals surface area contributed by atoms with Gasteiger partial charge in [-0.2, -0.15) is 0 Å². The lowest BCUT2D eigenvalue weighted by Gasteiger charge is -2.29. The van der Waals surface area contributed by atoms with Gasteiger partial charge in [-0.15, -0.1) is 0 Å². The van der Waals surface area contributed by atoms with Crippen LogP contribution in [0.2, 0.25) is 0 Å². The molecule has 0 heterocycles. The number of allylic oxidation sites excluding steroid dienone is 4. The predicted molar refractivity (Wildman–Crippen MR) is 66.7 cm³/mol. The second kappa shape index (κ2) is 4.15. The van der Waals surface area contributed by atoms with E-state index in [0.717, 1.165) is 17.8 Å². The lowest BCUT2D eigenvalue weighted by molar-refractivity contribution is 0.375. The minimum atomic E-state index is 0.802. The fraction of sp³-hybridized carbons (Fsp3) is 0.733. The molecule has 1 fully saturated rings. The molecule has 0 amide bonds. The molecule has 0 aromatic rings. The molecule has 2 aliphatic rings. The molecule has 3 atom stereocenters. The van der Waals surface area contributed by atoms with E-state index in [2.05, 4.69) is 33.8 Å². The van der Waals surface area contributed by atoms with Gasteiger partial charge in [0.05, 0.1) is 0 Å². The van der Waals surface area contributed by atoms with E-state index in [1.54, 1.807) is 5.57 Å². The van der Waals surface area contributed by atoms with Crippen LogP contribution >= 0.6 is 0 Å². The van der Waals surface area contributed by atoms with Crippen LogP contribution in [0.1, 0.15) is 53.4 Å². The van der Waals surface area contributed by atoms with Gasteiger partial charge >= 0.3 is 0 Å². The topological polar surface area (TPSA) is 0 Å². The van der Waals surface area contributed by atoms with Crippen LogP contribution in [0.4, 0.5) is 0 Å². The highest BCUT2D eigenvalue weighted by Crippen LogP contribution is 2.47. The van der Waals surface area contributed by atoms with E-state index in [9.17, 15) is 0 Å². The number of hydrogen-bond acceptors (Lipinski definition) is 0. The maximum Gasteiger partial charge on any atom is -0.0171 e. The molecule has 0 aliphatic heterocycles. The Kier molecular flexibility index (Phi) is 3.04. The summed E-state index contributed by atoms with van der Waals surface area (Å²) < 4.78 is 0. The van der Waals surface area contributed by atoms with Gasteiger partial charge in [0.15, 0.2) is 0 Å².